The largest absolute Gasteiger partial charge is 0.381 e. The van der Waals surface area contributed by atoms with Crippen molar-refractivity contribution in [1.29, 1.82) is 0 Å². The SMILES string of the molecule is CN1CCC(C(=O)NC2CCOCC2)CC1. The summed E-state index contributed by atoms with van der Waals surface area (Å²) in [5.74, 6) is 0.499. The zero-order valence-corrected chi connectivity index (χ0v) is 10.1. The molecule has 1 amide bonds. The molecule has 2 aliphatic heterocycles. The van der Waals surface area contributed by atoms with Crippen LogP contribution in [0.1, 0.15) is 25.7 Å². The minimum Gasteiger partial charge on any atom is -0.381 e. The van der Waals surface area contributed by atoms with E-state index in [-0.39, 0.29) is 11.8 Å². The zero-order chi connectivity index (χ0) is 11.4. The van der Waals surface area contributed by atoms with E-state index in [0.29, 0.717) is 6.04 Å². The van der Waals surface area contributed by atoms with Crippen LogP contribution in [0.2, 0.25) is 0 Å². The van der Waals surface area contributed by atoms with Gasteiger partial charge in [-0.05, 0) is 45.8 Å². The molecule has 0 aliphatic carbocycles. The summed E-state index contributed by atoms with van der Waals surface area (Å²) < 4.78 is 5.28. The fourth-order valence-electron chi connectivity index (χ4n) is 2.43. The molecule has 0 unspecified atom stereocenters. The number of amides is 1. The number of ether oxygens (including phenoxy) is 1. The van der Waals surface area contributed by atoms with Crippen LogP contribution >= 0.6 is 0 Å². The topological polar surface area (TPSA) is 41.6 Å². The van der Waals surface area contributed by atoms with Crippen molar-refractivity contribution in [1.82, 2.24) is 10.2 Å². The second kappa shape index (κ2) is 5.64. The molecular weight excluding hydrogens is 204 g/mol. The zero-order valence-electron chi connectivity index (χ0n) is 10.1. The molecule has 4 heteroatoms. The number of piperidine rings is 1. The Bertz CT molecular complexity index is 231. The number of carbonyl (C=O) groups is 1. The quantitative estimate of drug-likeness (QED) is 0.750. The highest BCUT2D eigenvalue weighted by atomic mass is 16.5. The van der Waals surface area contributed by atoms with E-state index in [1.54, 1.807) is 0 Å². The molecule has 1 N–H and O–H groups in total. The number of nitrogens with zero attached hydrogens (tertiary/aromatic N) is 1. The van der Waals surface area contributed by atoms with Crippen molar-refractivity contribution in [3.8, 4) is 0 Å². The van der Waals surface area contributed by atoms with E-state index in [1.807, 2.05) is 0 Å². The Labute approximate surface area is 97.3 Å². The van der Waals surface area contributed by atoms with Crippen molar-refractivity contribution >= 4 is 5.91 Å². The first-order valence-corrected chi connectivity index (χ1v) is 6.32. The van der Waals surface area contributed by atoms with Crippen LogP contribution in [0.5, 0.6) is 0 Å². The normalized spacial score (nSPS) is 25.6. The highest BCUT2D eigenvalue weighted by molar-refractivity contribution is 5.79. The van der Waals surface area contributed by atoms with E-state index in [4.69, 9.17) is 4.74 Å². The van der Waals surface area contributed by atoms with Gasteiger partial charge in [-0.1, -0.05) is 0 Å². The standard InChI is InChI=1S/C12H22N2O2/c1-14-6-2-10(3-7-14)12(15)13-11-4-8-16-9-5-11/h10-11H,2-9H2,1H3,(H,13,15). The van der Waals surface area contributed by atoms with Crippen molar-refractivity contribution in [3.63, 3.8) is 0 Å². The molecule has 2 heterocycles. The van der Waals surface area contributed by atoms with Gasteiger partial charge in [-0.25, -0.2) is 0 Å². The molecule has 2 fully saturated rings. The van der Waals surface area contributed by atoms with Crippen molar-refractivity contribution in [3.05, 3.63) is 0 Å². The van der Waals surface area contributed by atoms with Gasteiger partial charge in [-0.15, -0.1) is 0 Å². The molecular formula is C12H22N2O2. The monoisotopic (exact) mass is 226 g/mol. The van der Waals surface area contributed by atoms with Crippen molar-refractivity contribution in [2.75, 3.05) is 33.4 Å². The van der Waals surface area contributed by atoms with Crippen LogP contribution in [0.25, 0.3) is 0 Å². The molecule has 0 aromatic rings. The van der Waals surface area contributed by atoms with Crippen molar-refractivity contribution < 1.29 is 9.53 Å². The highest BCUT2D eigenvalue weighted by Crippen LogP contribution is 2.17. The van der Waals surface area contributed by atoms with Crippen LogP contribution in [0.3, 0.4) is 0 Å². The summed E-state index contributed by atoms with van der Waals surface area (Å²) in [6.07, 6.45) is 3.95. The lowest BCUT2D eigenvalue weighted by Crippen LogP contribution is -2.44. The summed E-state index contributed by atoms with van der Waals surface area (Å²) in [5.41, 5.74) is 0. The summed E-state index contributed by atoms with van der Waals surface area (Å²) >= 11 is 0. The molecule has 0 saturated carbocycles. The maximum absolute atomic E-state index is 12.0. The Hall–Kier alpha value is -0.610. The summed E-state index contributed by atoms with van der Waals surface area (Å²) in [7, 11) is 2.12. The summed E-state index contributed by atoms with van der Waals surface area (Å²) in [4.78, 5) is 14.3. The third-order valence-electron chi connectivity index (χ3n) is 3.66. The van der Waals surface area contributed by atoms with E-state index < -0.39 is 0 Å². The predicted molar refractivity (Wildman–Crippen MR) is 62.2 cm³/mol. The van der Waals surface area contributed by atoms with Crippen molar-refractivity contribution in [2.24, 2.45) is 5.92 Å². The number of nitrogens with one attached hydrogen (secondary N) is 1. The van der Waals surface area contributed by atoms with Gasteiger partial charge in [0.25, 0.3) is 0 Å². The molecule has 4 nitrogen and oxygen atoms in total. The van der Waals surface area contributed by atoms with E-state index in [9.17, 15) is 4.79 Å². The molecule has 0 aromatic heterocycles. The minimum absolute atomic E-state index is 0.235. The molecule has 0 bridgehead atoms. The number of likely N-dealkylation sites (tertiary alicyclic amines) is 1. The first-order chi connectivity index (χ1) is 7.75. The molecule has 0 aromatic carbocycles. The summed E-state index contributed by atoms with van der Waals surface area (Å²) in [6.45, 7) is 3.68. The van der Waals surface area contributed by atoms with Crippen LogP contribution in [0.4, 0.5) is 0 Å². The van der Waals surface area contributed by atoms with Gasteiger partial charge < -0.3 is 15.0 Å². The third-order valence-corrected chi connectivity index (χ3v) is 3.66. The molecule has 0 spiro atoms. The second-order valence-corrected chi connectivity index (χ2v) is 4.97. The van der Waals surface area contributed by atoms with E-state index in [0.717, 1.165) is 52.0 Å². The summed E-state index contributed by atoms with van der Waals surface area (Å²) in [5, 5.41) is 3.17. The van der Waals surface area contributed by atoms with Gasteiger partial charge in [0.2, 0.25) is 5.91 Å². The van der Waals surface area contributed by atoms with Gasteiger partial charge in [-0.3, -0.25) is 4.79 Å². The lowest BCUT2D eigenvalue weighted by atomic mass is 9.95. The molecule has 2 rings (SSSR count). The van der Waals surface area contributed by atoms with Crippen LogP contribution in [-0.4, -0.2) is 50.2 Å². The summed E-state index contributed by atoms with van der Waals surface area (Å²) in [6, 6.07) is 0.348. The lowest BCUT2D eigenvalue weighted by molar-refractivity contribution is -0.127. The van der Waals surface area contributed by atoms with Crippen molar-refractivity contribution in [2.45, 2.75) is 31.7 Å². The lowest BCUT2D eigenvalue weighted by Gasteiger charge is -2.30. The predicted octanol–water partition coefficient (Wildman–Crippen LogP) is 0.623. The Kier molecular flexibility index (Phi) is 4.18. The van der Waals surface area contributed by atoms with Gasteiger partial charge >= 0.3 is 0 Å². The maximum Gasteiger partial charge on any atom is 0.223 e. The Morgan fingerprint density at radius 2 is 1.81 bits per heavy atom. The smallest absolute Gasteiger partial charge is 0.223 e. The molecule has 0 atom stereocenters. The van der Waals surface area contributed by atoms with Gasteiger partial charge in [0, 0.05) is 25.2 Å². The Morgan fingerprint density at radius 1 is 1.19 bits per heavy atom. The molecule has 92 valence electrons. The van der Waals surface area contributed by atoms with Gasteiger partial charge in [-0.2, -0.15) is 0 Å². The fourth-order valence-corrected chi connectivity index (χ4v) is 2.43. The minimum atomic E-state index is 0.235. The Balaban J connectivity index is 1.74. The maximum atomic E-state index is 12.0. The number of hydrogen-bond donors (Lipinski definition) is 1. The van der Waals surface area contributed by atoms with Gasteiger partial charge in [0.05, 0.1) is 0 Å². The van der Waals surface area contributed by atoms with Crippen LogP contribution in [0, 0.1) is 5.92 Å². The van der Waals surface area contributed by atoms with Gasteiger partial charge in [0.1, 0.15) is 0 Å². The van der Waals surface area contributed by atoms with E-state index in [2.05, 4.69) is 17.3 Å². The molecule has 0 radical (unpaired) electrons. The van der Waals surface area contributed by atoms with Crippen LogP contribution in [0.15, 0.2) is 0 Å². The van der Waals surface area contributed by atoms with Crippen LogP contribution in [-0.2, 0) is 9.53 Å². The fraction of sp³-hybridized carbons (Fsp3) is 0.917. The van der Waals surface area contributed by atoms with Crippen LogP contribution < -0.4 is 5.32 Å². The van der Waals surface area contributed by atoms with E-state index >= 15 is 0 Å². The number of carbonyl (C=O) groups excluding carboxylic acids is 1. The van der Waals surface area contributed by atoms with E-state index in [1.165, 1.54) is 0 Å². The molecule has 2 aliphatic rings. The first-order valence-electron chi connectivity index (χ1n) is 6.32. The number of rotatable bonds is 2. The average Bonchev–Trinajstić information content (AvgIpc) is 2.31. The highest BCUT2D eigenvalue weighted by Gasteiger charge is 2.25. The second-order valence-electron chi connectivity index (χ2n) is 4.97. The Morgan fingerprint density at radius 3 is 2.44 bits per heavy atom. The van der Waals surface area contributed by atoms with Gasteiger partial charge in [0.15, 0.2) is 0 Å². The number of hydrogen-bond acceptors (Lipinski definition) is 3. The molecule has 16 heavy (non-hydrogen) atoms. The average molecular weight is 226 g/mol. The third kappa shape index (κ3) is 3.19. The molecule has 2 saturated heterocycles. The first kappa shape index (κ1) is 11.9.